The molecule has 1 aliphatic rings. The van der Waals surface area contributed by atoms with E-state index in [1.54, 1.807) is 12.4 Å². The molecule has 3 heteroatoms. The molecule has 80 valence electrons. The minimum atomic E-state index is -0.187. The van der Waals surface area contributed by atoms with Crippen LogP contribution in [0.2, 0.25) is 0 Å². The number of pyridine rings is 1. The number of carbonyl (C=O) groups is 1. The maximum absolute atomic E-state index is 12.0. The lowest BCUT2D eigenvalue weighted by Crippen LogP contribution is -2.24. The second-order valence-corrected chi connectivity index (χ2v) is 3.91. The van der Waals surface area contributed by atoms with Gasteiger partial charge in [-0.15, -0.1) is 0 Å². The molecule has 1 aromatic rings. The summed E-state index contributed by atoms with van der Waals surface area (Å²) in [5, 5.41) is 0. The Bertz CT molecular complexity index is 331. The molecule has 2 atom stereocenters. The standard InChI is InChI=1S/C12H15NO2/c1-9(10-4-6-13-7-5-10)12(14)11-3-2-8-15-11/h4-7,9,11H,2-3,8H2,1H3. The van der Waals surface area contributed by atoms with E-state index >= 15 is 0 Å². The first kappa shape index (κ1) is 10.3. The van der Waals surface area contributed by atoms with Crippen molar-refractivity contribution in [2.45, 2.75) is 31.8 Å². The van der Waals surface area contributed by atoms with Crippen molar-refractivity contribution in [3.8, 4) is 0 Å². The lowest BCUT2D eigenvalue weighted by Gasteiger charge is -2.14. The molecule has 2 unspecified atom stereocenters. The molecular formula is C12H15NO2. The highest BCUT2D eigenvalue weighted by Crippen LogP contribution is 2.22. The molecule has 0 N–H and O–H groups in total. The van der Waals surface area contributed by atoms with Crippen LogP contribution in [0.15, 0.2) is 24.5 Å². The van der Waals surface area contributed by atoms with Gasteiger partial charge < -0.3 is 4.74 Å². The summed E-state index contributed by atoms with van der Waals surface area (Å²) in [6.07, 6.45) is 5.12. The third-order valence-electron chi connectivity index (χ3n) is 2.88. The van der Waals surface area contributed by atoms with E-state index in [9.17, 15) is 4.79 Å². The molecule has 1 saturated heterocycles. The minimum absolute atomic E-state index is 0.0869. The summed E-state index contributed by atoms with van der Waals surface area (Å²) in [4.78, 5) is 15.9. The van der Waals surface area contributed by atoms with Crippen LogP contribution in [0.5, 0.6) is 0 Å². The van der Waals surface area contributed by atoms with E-state index in [-0.39, 0.29) is 17.8 Å². The number of nitrogens with zero attached hydrogens (tertiary/aromatic N) is 1. The first-order valence-electron chi connectivity index (χ1n) is 5.34. The van der Waals surface area contributed by atoms with Gasteiger partial charge in [0.1, 0.15) is 6.10 Å². The van der Waals surface area contributed by atoms with Crippen molar-refractivity contribution in [1.29, 1.82) is 0 Å². The van der Waals surface area contributed by atoms with Gasteiger partial charge in [0, 0.05) is 24.9 Å². The highest BCUT2D eigenvalue weighted by atomic mass is 16.5. The lowest BCUT2D eigenvalue weighted by molar-refractivity contribution is -0.129. The van der Waals surface area contributed by atoms with E-state index in [0.29, 0.717) is 0 Å². The third-order valence-corrected chi connectivity index (χ3v) is 2.88. The number of rotatable bonds is 3. The zero-order valence-electron chi connectivity index (χ0n) is 8.85. The Morgan fingerprint density at radius 1 is 1.53 bits per heavy atom. The van der Waals surface area contributed by atoms with Gasteiger partial charge in [-0.25, -0.2) is 0 Å². The Hall–Kier alpha value is -1.22. The van der Waals surface area contributed by atoms with E-state index in [2.05, 4.69) is 4.98 Å². The fourth-order valence-corrected chi connectivity index (χ4v) is 1.90. The van der Waals surface area contributed by atoms with Crippen molar-refractivity contribution in [3.05, 3.63) is 30.1 Å². The second kappa shape index (κ2) is 4.53. The summed E-state index contributed by atoms with van der Waals surface area (Å²) in [6, 6.07) is 3.77. The molecule has 15 heavy (non-hydrogen) atoms. The lowest BCUT2D eigenvalue weighted by atomic mass is 9.93. The van der Waals surface area contributed by atoms with Gasteiger partial charge in [-0.1, -0.05) is 6.92 Å². The average Bonchev–Trinajstić information content (AvgIpc) is 2.82. The molecule has 0 saturated carbocycles. The number of hydrogen-bond acceptors (Lipinski definition) is 3. The normalized spacial score (nSPS) is 22.6. The van der Waals surface area contributed by atoms with Gasteiger partial charge in [0.2, 0.25) is 0 Å². The third kappa shape index (κ3) is 2.23. The van der Waals surface area contributed by atoms with Crippen LogP contribution in [-0.4, -0.2) is 23.5 Å². The van der Waals surface area contributed by atoms with Gasteiger partial charge in [0.25, 0.3) is 0 Å². The van der Waals surface area contributed by atoms with E-state index < -0.39 is 0 Å². The van der Waals surface area contributed by atoms with Crippen LogP contribution >= 0.6 is 0 Å². The van der Waals surface area contributed by atoms with Crippen molar-refractivity contribution in [3.63, 3.8) is 0 Å². The Balaban J connectivity index is 2.07. The molecule has 1 fully saturated rings. The van der Waals surface area contributed by atoms with Gasteiger partial charge in [0.15, 0.2) is 5.78 Å². The predicted molar refractivity (Wildman–Crippen MR) is 56.6 cm³/mol. The predicted octanol–water partition coefficient (Wildman–Crippen LogP) is 1.93. The number of carbonyl (C=O) groups excluding carboxylic acids is 1. The minimum Gasteiger partial charge on any atom is -0.370 e. The van der Waals surface area contributed by atoms with Crippen molar-refractivity contribution in [2.24, 2.45) is 0 Å². The van der Waals surface area contributed by atoms with Crippen molar-refractivity contribution in [1.82, 2.24) is 4.98 Å². The molecule has 0 aromatic carbocycles. The molecule has 0 amide bonds. The molecule has 2 heterocycles. The zero-order valence-corrected chi connectivity index (χ0v) is 8.85. The maximum atomic E-state index is 12.0. The first-order chi connectivity index (χ1) is 7.29. The van der Waals surface area contributed by atoms with Gasteiger partial charge in [-0.05, 0) is 30.5 Å². The Labute approximate surface area is 89.5 Å². The first-order valence-corrected chi connectivity index (χ1v) is 5.34. The fraction of sp³-hybridized carbons (Fsp3) is 0.500. The molecule has 2 rings (SSSR count). The van der Waals surface area contributed by atoms with Crippen molar-refractivity contribution >= 4 is 5.78 Å². The van der Waals surface area contributed by atoms with Crippen molar-refractivity contribution < 1.29 is 9.53 Å². The van der Waals surface area contributed by atoms with E-state index in [0.717, 1.165) is 25.0 Å². The Morgan fingerprint density at radius 2 is 2.27 bits per heavy atom. The monoisotopic (exact) mass is 205 g/mol. The van der Waals surface area contributed by atoms with Crippen LogP contribution in [0.4, 0.5) is 0 Å². The quantitative estimate of drug-likeness (QED) is 0.757. The SMILES string of the molecule is CC(C(=O)C1CCCO1)c1ccncc1. The molecule has 0 aliphatic carbocycles. The zero-order chi connectivity index (χ0) is 10.7. The summed E-state index contributed by atoms with van der Waals surface area (Å²) >= 11 is 0. The van der Waals surface area contributed by atoms with Crippen LogP contribution in [0, 0.1) is 0 Å². The van der Waals surface area contributed by atoms with Crippen LogP contribution in [0.25, 0.3) is 0 Å². The molecule has 0 spiro atoms. The number of ether oxygens (including phenoxy) is 1. The van der Waals surface area contributed by atoms with Gasteiger partial charge in [-0.3, -0.25) is 9.78 Å². The molecule has 1 aromatic heterocycles. The topological polar surface area (TPSA) is 39.2 Å². The van der Waals surface area contributed by atoms with Gasteiger partial charge in [-0.2, -0.15) is 0 Å². The number of aromatic nitrogens is 1. The summed E-state index contributed by atoms with van der Waals surface area (Å²) in [5.41, 5.74) is 1.02. The van der Waals surface area contributed by atoms with Crippen LogP contribution in [0.3, 0.4) is 0 Å². The second-order valence-electron chi connectivity index (χ2n) is 3.91. The molecule has 0 bridgehead atoms. The largest absolute Gasteiger partial charge is 0.370 e. The van der Waals surface area contributed by atoms with Gasteiger partial charge >= 0.3 is 0 Å². The summed E-state index contributed by atoms with van der Waals surface area (Å²) < 4.78 is 5.39. The molecule has 0 radical (unpaired) electrons. The maximum Gasteiger partial charge on any atom is 0.168 e. The summed E-state index contributed by atoms with van der Waals surface area (Å²) in [7, 11) is 0. The number of Topliss-reactive ketones (excluding diaryl/α,β-unsaturated/α-hetero) is 1. The van der Waals surface area contributed by atoms with Crippen LogP contribution < -0.4 is 0 Å². The highest BCUT2D eigenvalue weighted by molar-refractivity contribution is 5.89. The summed E-state index contributed by atoms with van der Waals surface area (Å²) in [5.74, 6) is 0.106. The molecular weight excluding hydrogens is 190 g/mol. The molecule has 1 aliphatic heterocycles. The number of hydrogen-bond donors (Lipinski definition) is 0. The fourth-order valence-electron chi connectivity index (χ4n) is 1.90. The van der Waals surface area contributed by atoms with E-state index in [4.69, 9.17) is 4.74 Å². The van der Waals surface area contributed by atoms with Gasteiger partial charge in [0.05, 0.1) is 0 Å². The van der Waals surface area contributed by atoms with Crippen molar-refractivity contribution in [2.75, 3.05) is 6.61 Å². The Kier molecular flexibility index (Phi) is 3.11. The Morgan fingerprint density at radius 3 is 2.87 bits per heavy atom. The highest BCUT2D eigenvalue weighted by Gasteiger charge is 2.28. The van der Waals surface area contributed by atoms with Crippen LogP contribution in [0.1, 0.15) is 31.2 Å². The van der Waals surface area contributed by atoms with E-state index in [1.807, 2.05) is 19.1 Å². The number of ketones is 1. The van der Waals surface area contributed by atoms with Crippen LogP contribution in [-0.2, 0) is 9.53 Å². The summed E-state index contributed by atoms with van der Waals surface area (Å²) in [6.45, 7) is 2.65. The smallest absolute Gasteiger partial charge is 0.168 e. The average molecular weight is 205 g/mol. The van der Waals surface area contributed by atoms with E-state index in [1.165, 1.54) is 0 Å². The molecule has 3 nitrogen and oxygen atoms in total.